The molecular weight excluding hydrogens is 479 g/mol. The predicted octanol–water partition coefficient (Wildman–Crippen LogP) is 6.08. The van der Waals surface area contributed by atoms with Gasteiger partial charge in [-0.15, -0.1) is 0 Å². The maximum Gasteiger partial charge on any atom is 0.471 e. The van der Waals surface area contributed by atoms with Crippen molar-refractivity contribution in [2.24, 2.45) is 0 Å². The highest BCUT2D eigenvalue weighted by Crippen LogP contribution is 2.27. The van der Waals surface area contributed by atoms with Gasteiger partial charge in [0.1, 0.15) is 5.75 Å². The number of halogens is 4. The lowest BCUT2D eigenvalue weighted by Gasteiger charge is -2.19. The van der Waals surface area contributed by atoms with Gasteiger partial charge in [0.05, 0.1) is 6.42 Å². The zero-order chi connectivity index (χ0) is 25.0. The molecule has 4 nitrogen and oxygen atoms in total. The molecule has 0 fully saturated rings. The predicted molar refractivity (Wildman–Crippen MR) is 127 cm³/mol. The summed E-state index contributed by atoms with van der Waals surface area (Å²) in [6.45, 7) is 0. The molecule has 1 aliphatic rings. The van der Waals surface area contributed by atoms with E-state index in [0.29, 0.717) is 16.3 Å². The van der Waals surface area contributed by atoms with Crippen molar-refractivity contribution >= 4 is 23.5 Å². The topological polar surface area (TPSA) is 55.4 Å². The van der Waals surface area contributed by atoms with E-state index in [-0.39, 0.29) is 6.42 Å². The molecule has 1 amide bonds. The van der Waals surface area contributed by atoms with E-state index in [1.54, 1.807) is 36.4 Å². The SMILES string of the molecule is O=C(C[C@@H](Cc1ccc(-c2cccc(Cl)c2)cc1)NC(=O)C(F)(F)F)Oc1ccc2c(c1)CCC2. The summed E-state index contributed by atoms with van der Waals surface area (Å²) < 4.78 is 44.1. The van der Waals surface area contributed by atoms with Crippen LogP contribution in [0.2, 0.25) is 5.02 Å². The molecule has 0 aromatic heterocycles. The molecule has 0 unspecified atom stereocenters. The normalized spacial score (nSPS) is 13.7. The van der Waals surface area contributed by atoms with E-state index < -0.39 is 30.5 Å². The average molecular weight is 502 g/mol. The third kappa shape index (κ3) is 6.63. The van der Waals surface area contributed by atoms with Gasteiger partial charge < -0.3 is 10.1 Å². The van der Waals surface area contributed by atoms with Crippen LogP contribution in [0.1, 0.15) is 29.5 Å². The molecule has 0 saturated heterocycles. The highest BCUT2D eigenvalue weighted by atomic mass is 35.5. The van der Waals surface area contributed by atoms with Gasteiger partial charge in [0.25, 0.3) is 0 Å². The van der Waals surface area contributed by atoms with Gasteiger partial charge in [-0.05, 0) is 77.8 Å². The number of hydrogen-bond acceptors (Lipinski definition) is 3. The summed E-state index contributed by atoms with van der Waals surface area (Å²) in [5.41, 5.74) is 4.75. The molecule has 4 rings (SSSR count). The number of rotatable bonds is 7. The number of fused-ring (bicyclic) bond motifs is 1. The minimum Gasteiger partial charge on any atom is -0.426 e. The van der Waals surface area contributed by atoms with Crippen LogP contribution in [0.25, 0.3) is 11.1 Å². The Labute approximate surface area is 206 Å². The van der Waals surface area contributed by atoms with E-state index in [2.05, 4.69) is 0 Å². The average Bonchev–Trinajstić information content (AvgIpc) is 3.27. The number of ether oxygens (including phenoxy) is 1. The summed E-state index contributed by atoms with van der Waals surface area (Å²) in [6.07, 6.45) is -2.53. The highest BCUT2D eigenvalue weighted by molar-refractivity contribution is 6.30. The first-order chi connectivity index (χ1) is 16.7. The van der Waals surface area contributed by atoms with Crippen LogP contribution in [-0.4, -0.2) is 24.1 Å². The molecule has 182 valence electrons. The fourth-order valence-corrected chi connectivity index (χ4v) is 4.40. The second kappa shape index (κ2) is 10.5. The van der Waals surface area contributed by atoms with Gasteiger partial charge in [0.2, 0.25) is 0 Å². The van der Waals surface area contributed by atoms with Gasteiger partial charge in [0, 0.05) is 11.1 Å². The van der Waals surface area contributed by atoms with Crippen molar-refractivity contribution in [3.63, 3.8) is 0 Å². The van der Waals surface area contributed by atoms with Crippen LogP contribution in [0.4, 0.5) is 13.2 Å². The first-order valence-electron chi connectivity index (χ1n) is 11.2. The van der Waals surface area contributed by atoms with Crippen LogP contribution in [0.15, 0.2) is 66.7 Å². The van der Waals surface area contributed by atoms with Gasteiger partial charge in [-0.25, -0.2) is 0 Å². The third-order valence-electron chi connectivity index (χ3n) is 5.90. The molecular formula is C27H23ClF3NO3. The van der Waals surface area contributed by atoms with Gasteiger partial charge in [-0.1, -0.05) is 54.1 Å². The number of amides is 1. The Morgan fingerprint density at radius 2 is 1.69 bits per heavy atom. The molecule has 0 spiro atoms. The number of esters is 1. The van der Waals surface area contributed by atoms with E-state index >= 15 is 0 Å². The summed E-state index contributed by atoms with van der Waals surface area (Å²) in [5.74, 6) is -2.46. The van der Waals surface area contributed by atoms with E-state index in [4.69, 9.17) is 16.3 Å². The lowest BCUT2D eigenvalue weighted by molar-refractivity contribution is -0.174. The number of carbonyl (C=O) groups excluding carboxylic acids is 2. The Balaban J connectivity index is 1.46. The number of nitrogens with one attached hydrogen (secondary N) is 1. The number of aryl methyl sites for hydroxylation is 2. The lowest BCUT2D eigenvalue weighted by atomic mass is 9.99. The van der Waals surface area contributed by atoms with Crippen molar-refractivity contribution in [2.75, 3.05) is 0 Å². The molecule has 8 heteroatoms. The Bertz CT molecular complexity index is 1230. The number of carbonyl (C=O) groups is 2. The number of benzene rings is 3. The van der Waals surface area contributed by atoms with Crippen LogP contribution in [0, 0.1) is 0 Å². The quantitative estimate of drug-likeness (QED) is 0.315. The highest BCUT2D eigenvalue weighted by Gasteiger charge is 2.40. The first-order valence-corrected chi connectivity index (χ1v) is 11.6. The van der Waals surface area contributed by atoms with Crippen LogP contribution < -0.4 is 10.1 Å². The minimum atomic E-state index is -5.06. The van der Waals surface area contributed by atoms with Crippen LogP contribution in [0.3, 0.4) is 0 Å². The summed E-state index contributed by atoms with van der Waals surface area (Å²) in [7, 11) is 0. The van der Waals surface area contributed by atoms with E-state index in [9.17, 15) is 22.8 Å². The van der Waals surface area contributed by atoms with Crippen molar-refractivity contribution in [2.45, 2.75) is 44.3 Å². The van der Waals surface area contributed by atoms with E-state index in [1.807, 2.05) is 35.6 Å². The van der Waals surface area contributed by atoms with Crippen LogP contribution in [0.5, 0.6) is 5.75 Å². The molecule has 35 heavy (non-hydrogen) atoms. The smallest absolute Gasteiger partial charge is 0.426 e. The summed E-state index contributed by atoms with van der Waals surface area (Å²) in [5, 5.41) is 2.52. The number of alkyl halides is 3. The van der Waals surface area contributed by atoms with E-state index in [1.165, 1.54) is 5.56 Å². The zero-order valence-electron chi connectivity index (χ0n) is 18.7. The Morgan fingerprint density at radius 3 is 2.40 bits per heavy atom. The van der Waals surface area contributed by atoms with Gasteiger partial charge >= 0.3 is 18.1 Å². The van der Waals surface area contributed by atoms with E-state index in [0.717, 1.165) is 36.0 Å². The largest absolute Gasteiger partial charge is 0.471 e. The molecule has 1 aliphatic carbocycles. The van der Waals surface area contributed by atoms with Gasteiger partial charge in [0.15, 0.2) is 0 Å². The van der Waals surface area contributed by atoms with Crippen molar-refractivity contribution in [1.29, 1.82) is 0 Å². The second-order valence-electron chi connectivity index (χ2n) is 8.54. The fraction of sp³-hybridized carbons (Fsp3) is 0.259. The molecule has 3 aromatic carbocycles. The third-order valence-corrected chi connectivity index (χ3v) is 6.14. The molecule has 3 aromatic rings. The van der Waals surface area contributed by atoms with Crippen molar-refractivity contribution in [3.8, 4) is 16.9 Å². The summed E-state index contributed by atoms with van der Waals surface area (Å²) in [6, 6.07) is 18.7. The first kappa shape index (κ1) is 24.8. The Morgan fingerprint density at radius 1 is 0.943 bits per heavy atom. The minimum absolute atomic E-state index is 0.0247. The van der Waals surface area contributed by atoms with Crippen LogP contribution in [-0.2, 0) is 28.9 Å². The lowest BCUT2D eigenvalue weighted by Crippen LogP contribution is -2.45. The fourth-order valence-electron chi connectivity index (χ4n) is 4.21. The maximum atomic E-state index is 12.9. The molecule has 0 radical (unpaired) electrons. The zero-order valence-corrected chi connectivity index (χ0v) is 19.5. The molecule has 0 heterocycles. The van der Waals surface area contributed by atoms with Crippen molar-refractivity contribution in [3.05, 3.63) is 88.4 Å². The van der Waals surface area contributed by atoms with Crippen molar-refractivity contribution < 1.29 is 27.5 Å². The molecule has 1 N–H and O–H groups in total. The maximum absolute atomic E-state index is 12.9. The molecule has 0 saturated carbocycles. The Kier molecular flexibility index (Phi) is 7.45. The molecule has 0 bridgehead atoms. The standard InChI is InChI=1S/C27H23ClF3NO3/c28-22-6-2-5-20(14-22)19-9-7-17(8-10-19)13-23(32-26(34)27(29,30)31)16-25(33)35-24-12-11-18-3-1-4-21(18)15-24/h2,5-12,14-15,23H,1,3-4,13,16H2,(H,32,34)/t23-/m1/s1. The van der Waals surface area contributed by atoms with Gasteiger partial charge in [-0.3, -0.25) is 9.59 Å². The molecule has 1 atom stereocenters. The summed E-state index contributed by atoms with van der Waals surface area (Å²) >= 11 is 6.04. The monoisotopic (exact) mass is 501 g/mol. The van der Waals surface area contributed by atoms with Gasteiger partial charge in [-0.2, -0.15) is 13.2 Å². The molecule has 0 aliphatic heterocycles. The number of hydrogen-bond donors (Lipinski definition) is 1. The van der Waals surface area contributed by atoms with Crippen molar-refractivity contribution in [1.82, 2.24) is 5.32 Å². The Hall–Kier alpha value is -3.32. The second-order valence-corrected chi connectivity index (χ2v) is 8.98. The summed E-state index contributed by atoms with van der Waals surface area (Å²) in [4.78, 5) is 24.2. The van der Waals surface area contributed by atoms with Crippen LogP contribution >= 0.6 is 11.6 Å².